The van der Waals surface area contributed by atoms with Gasteiger partial charge in [0, 0.05) is 31.8 Å². The Morgan fingerprint density at radius 1 is 1.32 bits per heavy atom. The summed E-state index contributed by atoms with van der Waals surface area (Å²) in [5, 5.41) is 0.617. The Hall–Kier alpha value is -2.34. The van der Waals surface area contributed by atoms with E-state index >= 15 is 0 Å². The molecule has 146 valence electrons. The summed E-state index contributed by atoms with van der Waals surface area (Å²) in [6.45, 7) is 4.68. The molecule has 0 radical (unpaired) electrons. The third-order valence-corrected chi connectivity index (χ3v) is 5.19. The van der Waals surface area contributed by atoms with Crippen molar-refractivity contribution >= 4 is 23.5 Å². The maximum atomic E-state index is 13.0. The number of benzene rings is 2. The zero-order valence-electron chi connectivity index (χ0n) is 16.0. The summed E-state index contributed by atoms with van der Waals surface area (Å²) in [4.78, 5) is 15.2. The maximum Gasteiger partial charge on any atom is 0.232 e. The molecule has 0 saturated carbocycles. The highest BCUT2D eigenvalue weighted by Crippen LogP contribution is 2.44. The zero-order valence-corrected chi connectivity index (χ0v) is 16.7. The molecule has 0 N–H and O–H groups in total. The first-order valence-corrected chi connectivity index (χ1v) is 9.65. The lowest BCUT2D eigenvalue weighted by Crippen LogP contribution is -2.33. The Bertz CT molecular complexity index is 954. The molecule has 0 aliphatic carbocycles. The van der Waals surface area contributed by atoms with Crippen molar-refractivity contribution in [2.75, 3.05) is 27.0 Å². The average Bonchev–Trinajstić information content (AvgIpc) is 3.00. The first-order valence-electron chi connectivity index (χ1n) is 9.27. The topological polar surface area (TPSA) is 48.0 Å². The first kappa shape index (κ1) is 19.0. The van der Waals surface area contributed by atoms with Gasteiger partial charge in [-0.1, -0.05) is 23.7 Å². The van der Waals surface area contributed by atoms with Crippen molar-refractivity contribution in [3.8, 4) is 11.5 Å². The fourth-order valence-corrected chi connectivity index (χ4v) is 3.80. The van der Waals surface area contributed by atoms with Crippen molar-refractivity contribution in [3.05, 3.63) is 63.4 Å². The Balaban J connectivity index is 1.65. The summed E-state index contributed by atoms with van der Waals surface area (Å²) in [6.07, 6.45) is 2.66. The third kappa shape index (κ3) is 3.65. The molecule has 0 atom stereocenters. The van der Waals surface area contributed by atoms with E-state index in [1.165, 1.54) is 0 Å². The number of fused-ring (bicyclic) bond motifs is 3. The lowest BCUT2D eigenvalue weighted by molar-refractivity contribution is 0.0822. The number of hydrogen-bond acceptors (Lipinski definition) is 5. The highest BCUT2D eigenvalue weighted by molar-refractivity contribution is 6.30. The van der Waals surface area contributed by atoms with Crippen molar-refractivity contribution in [2.45, 2.75) is 19.9 Å². The number of halogens is 1. The number of hydrogen-bond donors (Lipinski definition) is 0. The number of Topliss-reactive ketones (excluding diaryl/α,β-unsaturated/α-hetero) is 1. The Labute approximate surface area is 169 Å². The van der Waals surface area contributed by atoms with Crippen molar-refractivity contribution in [2.24, 2.45) is 0 Å². The van der Waals surface area contributed by atoms with Gasteiger partial charge >= 0.3 is 0 Å². The van der Waals surface area contributed by atoms with Crippen LogP contribution in [0.2, 0.25) is 5.02 Å². The lowest BCUT2D eigenvalue weighted by atomic mass is 9.98. The standard InChI is InChI=1S/C22H22ClNO4/c1-14-9-18-17(12-24(13-27-18)7-4-8-26-2)22-20(14)21(25)19(28-22)11-15-5-3-6-16(23)10-15/h3,5-6,9-11H,4,7-8,12-13H2,1-2H3/b19-11-. The summed E-state index contributed by atoms with van der Waals surface area (Å²) in [5.41, 5.74) is 3.23. The molecule has 2 aliphatic rings. The molecule has 0 aromatic heterocycles. The van der Waals surface area contributed by atoms with Gasteiger partial charge < -0.3 is 14.2 Å². The molecule has 2 aromatic rings. The highest BCUT2D eigenvalue weighted by atomic mass is 35.5. The Morgan fingerprint density at radius 2 is 2.18 bits per heavy atom. The minimum absolute atomic E-state index is 0.105. The van der Waals surface area contributed by atoms with Gasteiger partial charge in [0.05, 0.1) is 11.1 Å². The Morgan fingerprint density at radius 3 is 2.96 bits per heavy atom. The SMILES string of the molecule is COCCCN1COc2cc(C)c3c(c2C1)O/C(=C\c1cccc(Cl)c1)C3=O. The van der Waals surface area contributed by atoms with Gasteiger partial charge in [-0.15, -0.1) is 0 Å². The van der Waals surface area contributed by atoms with Gasteiger partial charge in [-0.3, -0.25) is 9.69 Å². The molecule has 0 saturated heterocycles. The van der Waals surface area contributed by atoms with Crippen LogP contribution in [0.4, 0.5) is 0 Å². The van der Waals surface area contributed by atoms with E-state index in [1.54, 1.807) is 25.3 Å². The number of carbonyl (C=O) groups is 1. The second-order valence-electron chi connectivity index (χ2n) is 7.04. The van der Waals surface area contributed by atoms with Gasteiger partial charge in [-0.2, -0.15) is 0 Å². The van der Waals surface area contributed by atoms with Crippen molar-refractivity contribution in [1.82, 2.24) is 4.90 Å². The summed E-state index contributed by atoms with van der Waals surface area (Å²) in [6, 6.07) is 9.27. The number of carbonyl (C=O) groups excluding carboxylic acids is 1. The van der Waals surface area contributed by atoms with Gasteiger partial charge in [0.2, 0.25) is 5.78 Å². The summed E-state index contributed by atoms with van der Waals surface area (Å²) < 4.78 is 17.1. The van der Waals surface area contributed by atoms with Crippen LogP contribution < -0.4 is 9.47 Å². The smallest absolute Gasteiger partial charge is 0.232 e. The van der Waals surface area contributed by atoms with Crippen LogP contribution in [-0.2, 0) is 11.3 Å². The largest absolute Gasteiger partial charge is 0.478 e. The fraction of sp³-hybridized carbons (Fsp3) is 0.318. The Kier molecular flexibility index (Phi) is 5.40. The third-order valence-electron chi connectivity index (χ3n) is 4.96. The average molecular weight is 400 g/mol. The number of nitrogens with zero attached hydrogens (tertiary/aromatic N) is 1. The van der Waals surface area contributed by atoms with E-state index in [4.69, 9.17) is 25.8 Å². The molecular formula is C22H22ClNO4. The number of aryl methyl sites for hydroxylation is 1. The number of ketones is 1. The first-order chi connectivity index (χ1) is 13.6. The fourth-order valence-electron chi connectivity index (χ4n) is 3.60. The van der Waals surface area contributed by atoms with Crippen LogP contribution in [0.1, 0.15) is 33.5 Å². The van der Waals surface area contributed by atoms with Gasteiger partial charge in [-0.25, -0.2) is 0 Å². The zero-order chi connectivity index (χ0) is 19.7. The molecular weight excluding hydrogens is 378 g/mol. The molecule has 2 aliphatic heterocycles. The minimum Gasteiger partial charge on any atom is -0.478 e. The van der Waals surface area contributed by atoms with Crippen LogP contribution in [0.3, 0.4) is 0 Å². The van der Waals surface area contributed by atoms with E-state index in [1.807, 2.05) is 25.1 Å². The lowest BCUT2D eigenvalue weighted by Gasteiger charge is -2.30. The van der Waals surface area contributed by atoms with Crippen LogP contribution in [0.5, 0.6) is 11.5 Å². The van der Waals surface area contributed by atoms with E-state index in [0.717, 1.165) is 35.4 Å². The molecule has 2 aromatic carbocycles. The summed E-state index contributed by atoms with van der Waals surface area (Å²) >= 11 is 6.06. The van der Waals surface area contributed by atoms with E-state index in [0.29, 0.717) is 42.0 Å². The molecule has 0 spiro atoms. The van der Waals surface area contributed by atoms with Gasteiger partial charge in [0.25, 0.3) is 0 Å². The number of allylic oxidation sites excluding steroid dienone is 1. The molecule has 0 fully saturated rings. The number of ether oxygens (including phenoxy) is 3. The molecule has 6 heteroatoms. The summed E-state index contributed by atoms with van der Waals surface area (Å²) in [7, 11) is 1.70. The van der Waals surface area contributed by atoms with Crippen LogP contribution >= 0.6 is 11.6 Å². The van der Waals surface area contributed by atoms with Gasteiger partial charge in [0.15, 0.2) is 5.76 Å². The number of methoxy groups -OCH3 is 1. The highest BCUT2D eigenvalue weighted by Gasteiger charge is 2.35. The van der Waals surface area contributed by atoms with Crippen molar-refractivity contribution < 1.29 is 19.0 Å². The maximum absolute atomic E-state index is 13.0. The summed E-state index contributed by atoms with van der Waals surface area (Å²) in [5.74, 6) is 1.61. The molecule has 0 amide bonds. The monoisotopic (exact) mass is 399 g/mol. The quantitative estimate of drug-likeness (QED) is 0.549. The van der Waals surface area contributed by atoms with Gasteiger partial charge in [-0.05, 0) is 48.7 Å². The van der Waals surface area contributed by atoms with E-state index in [2.05, 4.69) is 4.90 Å². The molecule has 2 heterocycles. The van der Waals surface area contributed by atoms with E-state index in [9.17, 15) is 4.79 Å². The van der Waals surface area contributed by atoms with E-state index in [-0.39, 0.29) is 5.78 Å². The minimum atomic E-state index is -0.105. The molecule has 0 unspecified atom stereocenters. The second-order valence-corrected chi connectivity index (χ2v) is 7.48. The molecule has 28 heavy (non-hydrogen) atoms. The molecule has 5 nitrogen and oxygen atoms in total. The normalized spacial score (nSPS) is 17.2. The van der Waals surface area contributed by atoms with Gasteiger partial charge in [0.1, 0.15) is 18.2 Å². The predicted molar refractivity (Wildman–Crippen MR) is 108 cm³/mol. The molecule has 0 bridgehead atoms. The second kappa shape index (κ2) is 7.95. The van der Waals surface area contributed by atoms with Crippen molar-refractivity contribution in [1.29, 1.82) is 0 Å². The van der Waals surface area contributed by atoms with Crippen molar-refractivity contribution in [3.63, 3.8) is 0 Å². The molecule has 4 rings (SSSR count). The van der Waals surface area contributed by atoms with E-state index < -0.39 is 0 Å². The number of rotatable bonds is 5. The van der Waals surface area contributed by atoms with Crippen LogP contribution in [0.15, 0.2) is 36.1 Å². The van der Waals surface area contributed by atoms with Crippen LogP contribution in [-0.4, -0.2) is 37.7 Å². The predicted octanol–water partition coefficient (Wildman–Crippen LogP) is 4.45. The van der Waals surface area contributed by atoms with Crippen LogP contribution in [0.25, 0.3) is 6.08 Å². The van der Waals surface area contributed by atoms with Crippen LogP contribution in [0, 0.1) is 6.92 Å².